The van der Waals surface area contributed by atoms with E-state index >= 15 is 0 Å². The van der Waals surface area contributed by atoms with Gasteiger partial charge in [-0.25, -0.2) is 9.78 Å². The Morgan fingerprint density at radius 3 is 2.53 bits per heavy atom. The zero-order chi connectivity index (χ0) is 31.9. The highest BCUT2D eigenvalue weighted by Gasteiger charge is 2.37. The molecular formula is C35H41ClN4O5. The number of hydrogen-bond donors (Lipinski definition) is 1. The van der Waals surface area contributed by atoms with Gasteiger partial charge in [0.2, 0.25) is 0 Å². The molecular weight excluding hydrogens is 592 g/mol. The maximum Gasteiger partial charge on any atom is 0.337 e. The number of anilines is 1. The average Bonchev–Trinajstić information content (AvgIpc) is 3.41. The van der Waals surface area contributed by atoms with Crippen molar-refractivity contribution >= 4 is 29.0 Å². The summed E-state index contributed by atoms with van der Waals surface area (Å²) in [5, 5.41) is 16.1. The number of rotatable bonds is 3. The minimum absolute atomic E-state index is 0.284. The first-order chi connectivity index (χ1) is 21.4. The van der Waals surface area contributed by atoms with Crippen molar-refractivity contribution in [2.45, 2.75) is 77.6 Å². The Bertz CT molecular complexity index is 1720. The number of carboxylic acids is 1. The van der Waals surface area contributed by atoms with Crippen LogP contribution < -0.4 is 9.64 Å². The molecule has 238 valence electrons. The van der Waals surface area contributed by atoms with E-state index < -0.39 is 17.7 Å². The van der Waals surface area contributed by atoms with E-state index in [1.807, 2.05) is 70.2 Å². The van der Waals surface area contributed by atoms with Crippen LogP contribution in [0.4, 0.5) is 5.82 Å². The Labute approximate surface area is 269 Å². The normalized spacial score (nSPS) is 17.7. The Kier molecular flexibility index (Phi) is 8.54. The fourth-order valence-corrected chi connectivity index (χ4v) is 6.37. The summed E-state index contributed by atoms with van der Waals surface area (Å²) in [5.74, 6) is 0.402. The quantitative estimate of drug-likeness (QED) is 0.248. The van der Waals surface area contributed by atoms with Gasteiger partial charge in [-0.1, -0.05) is 29.8 Å². The lowest BCUT2D eigenvalue weighted by atomic mass is 9.92. The van der Waals surface area contributed by atoms with Crippen LogP contribution in [0.5, 0.6) is 5.75 Å². The summed E-state index contributed by atoms with van der Waals surface area (Å²) < 4.78 is 20.7. The number of fused-ring (bicyclic) bond motifs is 7. The fraction of sp³-hybridized carbons (Fsp3) is 0.457. The molecule has 4 aromatic rings. The van der Waals surface area contributed by atoms with E-state index in [-0.39, 0.29) is 5.60 Å². The molecule has 6 bridgehead atoms. The van der Waals surface area contributed by atoms with Gasteiger partial charge in [0.1, 0.15) is 11.6 Å². The lowest BCUT2D eigenvalue weighted by Gasteiger charge is -2.41. The van der Waals surface area contributed by atoms with Crippen molar-refractivity contribution in [3.8, 4) is 28.1 Å². The van der Waals surface area contributed by atoms with Crippen molar-refractivity contribution in [3.63, 3.8) is 0 Å². The predicted octanol–water partition coefficient (Wildman–Crippen LogP) is 7.51. The molecule has 0 saturated carbocycles. The second kappa shape index (κ2) is 12.3. The molecule has 5 heterocycles. The molecule has 0 aliphatic carbocycles. The van der Waals surface area contributed by atoms with Gasteiger partial charge in [-0.3, -0.25) is 0 Å². The molecule has 3 aliphatic rings. The van der Waals surface area contributed by atoms with Crippen LogP contribution in [0.2, 0.25) is 5.02 Å². The summed E-state index contributed by atoms with van der Waals surface area (Å²) >= 11 is 6.45. The van der Waals surface area contributed by atoms with Crippen LogP contribution in [0.3, 0.4) is 0 Å². The van der Waals surface area contributed by atoms with Crippen molar-refractivity contribution in [1.29, 1.82) is 0 Å². The molecule has 1 N–H and O–H groups in total. The maximum atomic E-state index is 12.8. The summed E-state index contributed by atoms with van der Waals surface area (Å²) in [6.07, 6.45) is 2.09. The third-order valence-corrected chi connectivity index (χ3v) is 8.78. The summed E-state index contributed by atoms with van der Waals surface area (Å²) in [6.45, 7) is 12.2. The number of hydrogen-bond acceptors (Lipinski definition) is 7. The van der Waals surface area contributed by atoms with Crippen molar-refractivity contribution in [2.75, 3.05) is 31.2 Å². The Morgan fingerprint density at radius 2 is 1.80 bits per heavy atom. The van der Waals surface area contributed by atoms with Gasteiger partial charge in [-0.05, 0) is 90.1 Å². The molecule has 0 unspecified atom stereocenters. The third kappa shape index (κ3) is 6.66. The second-order valence-corrected chi connectivity index (χ2v) is 13.7. The van der Waals surface area contributed by atoms with Crippen molar-refractivity contribution < 1.29 is 24.1 Å². The first-order valence-corrected chi connectivity index (χ1v) is 16.0. The number of ether oxygens (including phenoxy) is 3. The summed E-state index contributed by atoms with van der Waals surface area (Å²) in [7, 11) is 0. The minimum Gasteiger partial charge on any atom is -0.493 e. The molecule has 9 nitrogen and oxygen atoms in total. The molecule has 10 heteroatoms. The number of aromatic nitrogens is 3. The van der Waals surface area contributed by atoms with E-state index in [9.17, 15) is 9.90 Å². The van der Waals surface area contributed by atoms with Gasteiger partial charge in [-0.15, -0.1) is 0 Å². The lowest BCUT2D eigenvalue weighted by molar-refractivity contribution is -0.160. The second-order valence-electron chi connectivity index (χ2n) is 13.2. The number of aryl methyl sites for hydroxylation is 1. The number of piperidine rings is 1. The lowest BCUT2D eigenvalue weighted by Crippen LogP contribution is -2.46. The molecule has 1 atom stereocenters. The standard InChI is InChI=1S/C35H41ClN4O5/c1-22-30(31(33(41)42)45-34(2,3)4)32-39-15-13-35(5,14-16-39)44-18-7-6-17-43-28-12-11-25(36)20-26(28)23-9-8-10-24(19-23)27-21-29(37-22)40(32)38-27/h8-12,19-21,31H,6-7,13-18H2,1-5H3,(H,41,42)/t31-/m0/s1. The average molecular weight is 633 g/mol. The molecule has 1 saturated heterocycles. The van der Waals surface area contributed by atoms with Gasteiger partial charge in [0, 0.05) is 47.6 Å². The number of halogens is 1. The van der Waals surface area contributed by atoms with Gasteiger partial charge in [0.15, 0.2) is 11.8 Å². The zero-order valence-corrected chi connectivity index (χ0v) is 27.4. The largest absolute Gasteiger partial charge is 0.493 e. The zero-order valence-electron chi connectivity index (χ0n) is 26.6. The smallest absolute Gasteiger partial charge is 0.337 e. The van der Waals surface area contributed by atoms with Gasteiger partial charge in [0.25, 0.3) is 0 Å². The summed E-state index contributed by atoms with van der Waals surface area (Å²) in [5.41, 5.74) is 4.24. The molecule has 7 rings (SSSR count). The highest BCUT2D eigenvalue weighted by molar-refractivity contribution is 6.31. The number of carbonyl (C=O) groups is 1. The number of aliphatic carboxylic acids is 1. The first kappa shape index (κ1) is 31.3. The van der Waals surface area contributed by atoms with E-state index in [1.165, 1.54) is 0 Å². The van der Waals surface area contributed by atoms with Crippen molar-refractivity contribution in [1.82, 2.24) is 14.6 Å². The van der Waals surface area contributed by atoms with Crippen molar-refractivity contribution in [3.05, 3.63) is 64.8 Å². The molecule has 0 amide bonds. The van der Waals surface area contributed by atoms with Crippen LogP contribution in [0, 0.1) is 6.92 Å². The first-order valence-electron chi connectivity index (χ1n) is 15.6. The molecule has 2 aromatic carbocycles. The molecule has 2 aromatic heterocycles. The van der Waals surface area contributed by atoms with Crippen LogP contribution in [-0.2, 0) is 14.3 Å². The topological polar surface area (TPSA) is 98.4 Å². The Morgan fingerprint density at radius 1 is 1.07 bits per heavy atom. The molecule has 3 aliphatic heterocycles. The van der Waals surface area contributed by atoms with E-state index in [4.69, 9.17) is 35.9 Å². The van der Waals surface area contributed by atoms with Crippen LogP contribution in [0.1, 0.15) is 70.7 Å². The summed E-state index contributed by atoms with van der Waals surface area (Å²) in [4.78, 5) is 19.9. The van der Waals surface area contributed by atoms with Crippen LogP contribution in [-0.4, -0.2) is 63.2 Å². The van der Waals surface area contributed by atoms with Crippen molar-refractivity contribution in [2.24, 2.45) is 0 Å². The van der Waals surface area contributed by atoms with Gasteiger partial charge >= 0.3 is 5.97 Å². The molecule has 45 heavy (non-hydrogen) atoms. The number of carboxylic acid groups (broad SMARTS) is 1. The highest BCUT2D eigenvalue weighted by Crippen LogP contribution is 2.39. The minimum atomic E-state index is -1.22. The van der Waals surface area contributed by atoms with Gasteiger partial charge in [-0.2, -0.15) is 9.61 Å². The summed E-state index contributed by atoms with van der Waals surface area (Å²) in [6, 6.07) is 15.8. The monoisotopic (exact) mass is 632 g/mol. The Balaban J connectivity index is 1.54. The van der Waals surface area contributed by atoms with E-state index in [0.29, 0.717) is 54.0 Å². The van der Waals surface area contributed by atoms with Gasteiger partial charge < -0.3 is 24.2 Å². The predicted molar refractivity (Wildman–Crippen MR) is 175 cm³/mol. The highest BCUT2D eigenvalue weighted by atomic mass is 35.5. The van der Waals surface area contributed by atoms with E-state index in [0.717, 1.165) is 53.8 Å². The molecule has 0 spiro atoms. The van der Waals surface area contributed by atoms with E-state index in [1.54, 1.807) is 4.52 Å². The van der Waals surface area contributed by atoms with Gasteiger partial charge in [0.05, 0.1) is 29.1 Å². The SMILES string of the molecule is Cc1nc2cc3nn2c(c1[C@H](OC(C)(C)C)C(=O)O)N1CCC(C)(CC1)OCCCCOc1ccc(Cl)cc1-c1cccc-3c1. The van der Waals surface area contributed by atoms with Crippen LogP contribution in [0.15, 0.2) is 48.5 Å². The van der Waals surface area contributed by atoms with Crippen LogP contribution >= 0.6 is 11.6 Å². The van der Waals surface area contributed by atoms with E-state index in [2.05, 4.69) is 17.9 Å². The molecule has 1 fully saturated rings. The van der Waals surface area contributed by atoms with Crippen LogP contribution in [0.25, 0.3) is 28.0 Å². The Hall–Kier alpha value is -3.66. The number of nitrogens with zero attached hydrogens (tertiary/aromatic N) is 4. The maximum absolute atomic E-state index is 12.8. The third-order valence-electron chi connectivity index (χ3n) is 8.54. The number of benzene rings is 2. The fourth-order valence-electron chi connectivity index (χ4n) is 6.19. The molecule has 0 radical (unpaired) electrons.